The average molecular weight is 291 g/mol. The lowest BCUT2D eigenvalue weighted by atomic mass is 10.0. The van der Waals surface area contributed by atoms with Crippen LogP contribution in [0, 0.1) is 13.8 Å². The molecule has 4 nitrogen and oxygen atoms in total. The van der Waals surface area contributed by atoms with Crippen LogP contribution in [0.4, 0.5) is 5.82 Å². The number of nitrogens with zero attached hydrogens (tertiary/aromatic N) is 2. The van der Waals surface area contributed by atoms with Crippen molar-refractivity contribution in [2.24, 2.45) is 0 Å². The molecule has 0 amide bonds. The number of aryl methyl sites for hydroxylation is 2. The minimum absolute atomic E-state index is 0.132. The summed E-state index contributed by atoms with van der Waals surface area (Å²) in [5, 5.41) is 3.44. The first-order valence-electron chi connectivity index (χ1n) is 7.93. The van der Waals surface area contributed by atoms with E-state index < -0.39 is 0 Å². The van der Waals surface area contributed by atoms with Crippen LogP contribution in [0.15, 0.2) is 6.07 Å². The van der Waals surface area contributed by atoms with E-state index in [1.165, 1.54) is 11.1 Å². The quantitative estimate of drug-likeness (QED) is 0.925. The topological polar surface area (TPSA) is 37.4 Å². The Kier molecular flexibility index (Phi) is 4.89. The molecular formula is C17H29N3O. The third kappa shape index (κ3) is 3.95. The summed E-state index contributed by atoms with van der Waals surface area (Å²) >= 11 is 0. The van der Waals surface area contributed by atoms with Gasteiger partial charge >= 0.3 is 0 Å². The van der Waals surface area contributed by atoms with Gasteiger partial charge < -0.3 is 15.0 Å². The van der Waals surface area contributed by atoms with Crippen LogP contribution in [0.5, 0.6) is 0 Å². The van der Waals surface area contributed by atoms with Crippen molar-refractivity contribution in [1.82, 2.24) is 10.3 Å². The minimum atomic E-state index is -0.132. The van der Waals surface area contributed by atoms with E-state index in [1.807, 2.05) is 0 Å². The zero-order valence-corrected chi connectivity index (χ0v) is 14.3. The molecule has 1 fully saturated rings. The molecule has 1 N–H and O–H groups in total. The molecule has 118 valence electrons. The second-order valence-corrected chi connectivity index (χ2v) is 6.73. The van der Waals surface area contributed by atoms with Crippen molar-refractivity contribution in [3.05, 3.63) is 22.9 Å². The number of hydrogen-bond donors (Lipinski definition) is 1. The molecule has 0 aliphatic carbocycles. The SMILES string of the molecule is CCNCc1c(C)cc(C)nc1N1CC(C)OC(C)(C)C1. The highest BCUT2D eigenvalue weighted by atomic mass is 16.5. The third-order valence-corrected chi connectivity index (χ3v) is 3.87. The molecule has 1 aromatic rings. The van der Waals surface area contributed by atoms with Gasteiger partial charge in [0.25, 0.3) is 0 Å². The lowest BCUT2D eigenvalue weighted by Gasteiger charge is -2.43. The Hall–Kier alpha value is -1.13. The lowest BCUT2D eigenvalue weighted by Crippen LogP contribution is -2.52. The molecular weight excluding hydrogens is 262 g/mol. The minimum Gasteiger partial charge on any atom is -0.369 e. The molecule has 0 radical (unpaired) electrons. The molecule has 4 heteroatoms. The van der Waals surface area contributed by atoms with Crippen molar-refractivity contribution in [2.75, 3.05) is 24.5 Å². The van der Waals surface area contributed by atoms with Crippen molar-refractivity contribution in [1.29, 1.82) is 0 Å². The highest BCUT2D eigenvalue weighted by Gasteiger charge is 2.33. The summed E-state index contributed by atoms with van der Waals surface area (Å²) in [5.41, 5.74) is 3.58. The first kappa shape index (κ1) is 16.2. The molecule has 2 rings (SSSR count). The second kappa shape index (κ2) is 6.32. The van der Waals surface area contributed by atoms with Crippen molar-refractivity contribution < 1.29 is 4.74 Å². The first-order chi connectivity index (χ1) is 9.82. The van der Waals surface area contributed by atoms with E-state index in [0.29, 0.717) is 0 Å². The van der Waals surface area contributed by atoms with Crippen LogP contribution < -0.4 is 10.2 Å². The molecule has 0 saturated carbocycles. The molecule has 1 saturated heterocycles. The molecule has 0 spiro atoms. The Balaban J connectivity index is 2.36. The zero-order valence-electron chi connectivity index (χ0n) is 14.3. The second-order valence-electron chi connectivity index (χ2n) is 6.73. The van der Waals surface area contributed by atoms with E-state index in [2.05, 4.69) is 57.8 Å². The van der Waals surface area contributed by atoms with Crippen LogP contribution in [-0.2, 0) is 11.3 Å². The standard InChI is InChI=1S/C17H29N3O/c1-7-18-9-15-12(2)8-13(3)19-16(15)20-10-14(4)21-17(5,6)11-20/h8,14,18H,7,9-11H2,1-6H3. The Morgan fingerprint density at radius 3 is 2.76 bits per heavy atom. The number of ether oxygens (including phenoxy) is 1. The fourth-order valence-corrected chi connectivity index (χ4v) is 3.19. The predicted octanol–water partition coefficient (Wildman–Crippen LogP) is 2.81. The number of pyridine rings is 1. The Morgan fingerprint density at radius 2 is 2.14 bits per heavy atom. The Labute approximate surface area is 128 Å². The largest absolute Gasteiger partial charge is 0.369 e. The number of anilines is 1. The molecule has 21 heavy (non-hydrogen) atoms. The monoisotopic (exact) mass is 291 g/mol. The summed E-state index contributed by atoms with van der Waals surface area (Å²) < 4.78 is 6.02. The molecule has 1 aromatic heterocycles. The van der Waals surface area contributed by atoms with Crippen molar-refractivity contribution in [3.63, 3.8) is 0 Å². The molecule has 1 unspecified atom stereocenters. The fraction of sp³-hybridized carbons (Fsp3) is 0.706. The van der Waals surface area contributed by atoms with E-state index in [9.17, 15) is 0 Å². The Bertz CT molecular complexity index is 499. The van der Waals surface area contributed by atoms with Gasteiger partial charge in [0.05, 0.1) is 11.7 Å². The molecule has 0 aromatic carbocycles. The maximum atomic E-state index is 6.02. The van der Waals surface area contributed by atoms with Crippen molar-refractivity contribution in [3.8, 4) is 0 Å². The van der Waals surface area contributed by atoms with Gasteiger partial charge in [-0.15, -0.1) is 0 Å². The van der Waals surface area contributed by atoms with Gasteiger partial charge in [-0.3, -0.25) is 0 Å². The summed E-state index contributed by atoms with van der Waals surface area (Å²) in [6, 6.07) is 2.17. The first-order valence-corrected chi connectivity index (χ1v) is 7.93. The van der Waals surface area contributed by atoms with Gasteiger partial charge in [0, 0.05) is 30.9 Å². The van der Waals surface area contributed by atoms with Gasteiger partial charge in [0.15, 0.2) is 0 Å². The molecule has 1 atom stereocenters. The van der Waals surface area contributed by atoms with Crippen LogP contribution in [0.25, 0.3) is 0 Å². The van der Waals surface area contributed by atoms with Crippen LogP contribution in [0.3, 0.4) is 0 Å². The molecule has 2 heterocycles. The van der Waals surface area contributed by atoms with Crippen LogP contribution in [0.2, 0.25) is 0 Å². The van der Waals surface area contributed by atoms with Gasteiger partial charge in [-0.05, 0) is 52.8 Å². The van der Waals surface area contributed by atoms with Gasteiger partial charge in [-0.2, -0.15) is 0 Å². The van der Waals surface area contributed by atoms with Crippen molar-refractivity contribution in [2.45, 2.75) is 59.8 Å². The highest BCUT2D eigenvalue weighted by molar-refractivity contribution is 5.52. The van der Waals surface area contributed by atoms with Gasteiger partial charge in [-0.1, -0.05) is 6.92 Å². The number of aromatic nitrogens is 1. The Morgan fingerprint density at radius 1 is 1.43 bits per heavy atom. The van der Waals surface area contributed by atoms with Crippen LogP contribution in [0.1, 0.15) is 44.5 Å². The van der Waals surface area contributed by atoms with E-state index in [4.69, 9.17) is 9.72 Å². The summed E-state index contributed by atoms with van der Waals surface area (Å²) in [7, 11) is 0. The normalized spacial score (nSPS) is 21.6. The third-order valence-electron chi connectivity index (χ3n) is 3.87. The van der Waals surface area contributed by atoms with Crippen LogP contribution in [-0.4, -0.2) is 36.3 Å². The van der Waals surface area contributed by atoms with E-state index in [-0.39, 0.29) is 11.7 Å². The summed E-state index contributed by atoms with van der Waals surface area (Å²) in [6.45, 7) is 16.5. The van der Waals surface area contributed by atoms with E-state index in [0.717, 1.165) is 37.7 Å². The van der Waals surface area contributed by atoms with Crippen LogP contribution >= 0.6 is 0 Å². The molecule has 1 aliphatic rings. The summed E-state index contributed by atoms with van der Waals surface area (Å²) in [6.07, 6.45) is 0.225. The maximum Gasteiger partial charge on any atom is 0.133 e. The zero-order chi connectivity index (χ0) is 15.6. The van der Waals surface area contributed by atoms with Gasteiger partial charge in [-0.25, -0.2) is 4.98 Å². The summed E-state index contributed by atoms with van der Waals surface area (Å²) in [5.74, 6) is 1.12. The van der Waals surface area contributed by atoms with E-state index >= 15 is 0 Å². The van der Waals surface area contributed by atoms with Crippen molar-refractivity contribution >= 4 is 5.82 Å². The number of hydrogen-bond acceptors (Lipinski definition) is 4. The van der Waals surface area contributed by atoms with Gasteiger partial charge in [0.2, 0.25) is 0 Å². The predicted molar refractivity (Wildman–Crippen MR) is 87.9 cm³/mol. The number of rotatable bonds is 4. The maximum absolute atomic E-state index is 6.02. The molecule has 1 aliphatic heterocycles. The lowest BCUT2D eigenvalue weighted by molar-refractivity contribution is -0.0752. The number of morpholine rings is 1. The highest BCUT2D eigenvalue weighted by Crippen LogP contribution is 2.29. The van der Waals surface area contributed by atoms with E-state index in [1.54, 1.807) is 0 Å². The van der Waals surface area contributed by atoms with Gasteiger partial charge in [0.1, 0.15) is 5.82 Å². The summed E-state index contributed by atoms with van der Waals surface area (Å²) in [4.78, 5) is 7.23. The smallest absolute Gasteiger partial charge is 0.133 e. The average Bonchev–Trinajstić information content (AvgIpc) is 2.34. The molecule has 0 bridgehead atoms. The fourth-order valence-electron chi connectivity index (χ4n) is 3.19. The number of nitrogens with one attached hydrogen (secondary N) is 1.